The van der Waals surface area contributed by atoms with Gasteiger partial charge in [0, 0.05) is 30.4 Å². The summed E-state index contributed by atoms with van der Waals surface area (Å²) in [6.45, 7) is 4.60. The standard InChI is InChI=1S/C14H22N2O3/c1-11(2)14(19)15-12-4-3-5-13(10-12)16(6-8-17)7-9-18/h3-5,10-11,17-18H,6-9H2,1-2H3,(H,15,19). The van der Waals surface area contributed by atoms with Crippen LogP contribution in [0.25, 0.3) is 0 Å². The molecule has 19 heavy (non-hydrogen) atoms. The maximum atomic E-state index is 11.6. The van der Waals surface area contributed by atoms with Gasteiger partial charge in [0.05, 0.1) is 13.2 Å². The highest BCUT2D eigenvalue weighted by molar-refractivity contribution is 5.92. The summed E-state index contributed by atoms with van der Waals surface area (Å²) >= 11 is 0. The Balaban J connectivity index is 2.82. The second-order valence-electron chi connectivity index (χ2n) is 4.63. The van der Waals surface area contributed by atoms with E-state index in [4.69, 9.17) is 10.2 Å². The number of aliphatic hydroxyl groups excluding tert-OH is 2. The van der Waals surface area contributed by atoms with Crippen molar-refractivity contribution in [2.24, 2.45) is 5.92 Å². The van der Waals surface area contributed by atoms with Crippen molar-refractivity contribution in [1.82, 2.24) is 0 Å². The van der Waals surface area contributed by atoms with Crippen LogP contribution in [0.1, 0.15) is 13.8 Å². The first-order valence-electron chi connectivity index (χ1n) is 6.46. The van der Waals surface area contributed by atoms with Crippen LogP contribution in [0, 0.1) is 5.92 Å². The summed E-state index contributed by atoms with van der Waals surface area (Å²) in [6.07, 6.45) is 0. The number of carbonyl (C=O) groups is 1. The van der Waals surface area contributed by atoms with Crippen molar-refractivity contribution in [3.05, 3.63) is 24.3 Å². The number of carbonyl (C=O) groups excluding carboxylic acids is 1. The lowest BCUT2D eigenvalue weighted by atomic mass is 10.2. The lowest BCUT2D eigenvalue weighted by Gasteiger charge is -2.23. The number of rotatable bonds is 7. The molecule has 106 valence electrons. The van der Waals surface area contributed by atoms with E-state index in [1.165, 1.54) is 0 Å². The second-order valence-corrected chi connectivity index (χ2v) is 4.63. The molecule has 0 fully saturated rings. The highest BCUT2D eigenvalue weighted by atomic mass is 16.3. The maximum absolute atomic E-state index is 11.6. The molecule has 0 radical (unpaired) electrons. The quantitative estimate of drug-likeness (QED) is 0.690. The van der Waals surface area contributed by atoms with Crippen molar-refractivity contribution in [2.45, 2.75) is 13.8 Å². The second kappa shape index (κ2) is 7.76. The van der Waals surface area contributed by atoms with E-state index in [0.717, 1.165) is 11.4 Å². The fourth-order valence-corrected chi connectivity index (χ4v) is 1.68. The molecule has 1 aromatic rings. The zero-order valence-corrected chi connectivity index (χ0v) is 11.5. The third kappa shape index (κ3) is 4.89. The highest BCUT2D eigenvalue weighted by Gasteiger charge is 2.09. The lowest BCUT2D eigenvalue weighted by molar-refractivity contribution is -0.118. The van der Waals surface area contributed by atoms with Gasteiger partial charge in [-0.3, -0.25) is 4.79 Å². The Hall–Kier alpha value is -1.59. The van der Waals surface area contributed by atoms with Crippen molar-refractivity contribution in [3.8, 4) is 0 Å². The van der Waals surface area contributed by atoms with Crippen LogP contribution in [-0.4, -0.2) is 42.4 Å². The molecule has 0 aliphatic rings. The summed E-state index contributed by atoms with van der Waals surface area (Å²) in [5.74, 6) is -0.109. The molecule has 0 saturated carbocycles. The average molecular weight is 266 g/mol. The SMILES string of the molecule is CC(C)C(=O)Nc1cccc(N(CCO)CCO)c1. The first kappa shape index (κ1) is 15.5. The molecule has 0 aliphatic carbocycles. The molecule has 0 aromatic heterocycles. The van der Waals surface area contributed by atoms with Gasteiger partial charge in [0.1, 0.15) is 0 Å². The molecule has 0 aliphatic heterocycles. The van der Waals surface area contributed by atoms with Gasteiger partial charge in [-0.1, -0.05) is 19.9 Å². The average Bonchev–Trinajstić information content (AvgIpc) is 2.38. The van der Waals surface area contributed by atoms with Crippen LogP contribution in [0.15, 0.2) is 24.3 Å². The minimum atomic E-state index is -0.0744. The predicted octanol–water partition coefficient (Wildman–Crippen LogP) is 1.07. The van der Waals surface area contributed by atoms with Gasteiger partial charge in [0.25, 0.3) is 0 Å². The molecule has 1 rings (SSSR count). The molecule has 0 heterocycles. The molecule has 1 amide bonds. The summed E-state index contributed by atoms with van der Waals surface area (Å²) in [7, 11) is 0. The van der Waals surface area contributed by atoms with Gasteiger partial charge in [-0.15, -0.1) is 0 Å². The molecule has 0 atom stereocenters. The van der Waals surface area contributed by atoms with Gasteiger partial charge in [-0.25, -0.2) is 0 Å². The van der Waals surface area contributed by atoms with E-state index in [1.54, 1.807) is 0 Å². The van der Waals surface area contributed by atoms with Crippen molar-refractivity contribution < 1.29 is 15.0 Å². The Kier molecular flexibility index (Phi) is 6.32. The smallest absolute Gasteiger partial charge is 0.226 e. The lowest BCUT2D eigenvalue weighted by Crippen LogP contribution is -2.29. The summed E-state index contributed by atoms with van der Waals surface area (Å²) in [6, 6.07) is 7.38. The van der Waals surface area contributed by atoms with Crippen LogP contribution in [-0.2, 0) is 4.79 Å². The van der Waals surface area contributed by atoms with Gasteiger partial charge < -0.3 is 20.4 Å². The van der Waals surface area contributed by atoms with Crippen LogP contribution >= 0.6 is 0 Å². The number of anilines is 2. The summed E-state index contributed by atoms with van der Waals surface area (Å²) in [5.41, 5.74) is 1.58. The number of aliphatic hydroxyl groups is 2. The third-order valence-corrected chi connectivity index (χ3v) is 2.74. The molecule has 3 N–H and O–H groups in total. The number of nitrogens with zero attached hydrogens (tertiary/aromatic N) is 1. The van der Waals surface area contributed by atoms with Crippen LogP contribution in [0.2, 0.25) is 0 Å². The topological polar surface area (TPSA) is 72.8 Å². The molecule has 0 unspecified atom stereocenters. The normalized spacial score (nSPS) is 10.6. The fourth-order valence-electron chi connectivity index (χ4n) is 1.68. The van der Waals surface area contributed by atoms with Crippen LogP contribution in [0.3, 0.4) is 0 Å². The first-order chi connectivity index (χ1) is 9.08. The van der Waals surface area contributed by atoms with Gasteiger partial charge in [0.2, 0.25) is 5.91 Å². The van der Waals surface area contributed by atoms with Gasteiger partial charge in [-0.05, 0) is 18.2 Å². The van der Waals surface area contributed by atoms with E-state index < -0.39 is 0 Å². The zero-order chi connectivity index (χ0) is 14.3. The van der Waals surface area contributed by atoms with Crippen LogP contribution in [0.5, 0.6) is 0 Å². The van der Waals surface area contributed by atoms with Crippen molar-refractivity contribution in [2.75, 3.05) is 36.5 Å². The Morgan fingerprint density at radius 3 is 2.42 bits per heavy atom. The molecule has 5 nitrogen and oxygen atoms in total. The Labute approximate surface area is 113 Å². The van der Waals surface area contributed by atoms with E-state index in [-0.39, 0.29) is 25.0 Å². The summed E-state index contributed by atoms with van der Waals surface area (Å²) < 4.78 is 0. The largest absolute Gasteiger partial charge is 0.395 e. The predicted molar refractivity (Wildman–Crippen MR) is 76.3 cm³/mol. The monoisotopic (exact) mass is 266 g/mol. The summed E-state index contributed by atoms with van der Waals surface area (Å²) in [5, 5.41) is 20.9. The third-order valence-electron chi connectivity index (χ3n) is 2.74. The minimum absolute atomic E-state index is 0.0164. The minimum Gasteiger partial charge on any atom is -0.395 e. The highest BCUT2D eigenvalue weighted by Crippen LogP contribution is 2.19. The number of benzene rings is 1. The zero-order valence-electron chi connectivity index (χ0n) is 11.5. The number of amides is 1. The molecule has 0 saturated heterocycles. The van der Waals surface area contributed by atoms with Gasteiger partial charge in [-0.2, -0.15) is 0 Å². The van der Waals surface area contributed by atoms with E-state index in [1.807, 2.05) is 43.0 Å². The molecule has 0 spiro atoms. The van der Waals surface area contributed by atoms with Crippen molar-refractivity contribution in [1.29, 1.82) is 0 Å². The van der Waals surface area contributed by atoms with E-state index in [9.17, 15) is 4.79 Å². The van der Waals surface area contributed by atoms with E-state index in [2.05, 4.69) is 5.32 Å². The molecular formula is C14H22N2O3. The van der Waals surface area contributed by atoms with Crippen molar-refractivity contribution in [3.63, 3.8) is 0 Å². The van der Waals surface area contributed by atoms with E-state index >= 15 is 0 Å². The first-order valence-corrected chi connectivity index (χ1v) is 6.46. The number of hydrogen-bond acceptors (Lipinski definition) is 4. The fraction of sp³-hybridized carbons (Fsp3) is 0.500. The van der Waals surface area contributed by atoms with E-state index in [0.29, 0.717) is 13.1 Å². The molecule has 0 bridgehead atoms. The number of hydrogen-bond donors (Lipinski definition) is 3. The van der Waals surface area contributed by atoms with Crippen LogP contribution in [0.4, 0.5) is 11.4 Å². The molecular weight excluding hydrogens is 244 g/mol. The van der Waals surface area contributed by atoms with Crippen LogP contribution < -0.4 is 10.2 Å². The van der Waals surface area contributed by atoms with Crippen molar-refractivity contribution >= 4 is 17.3 Å². The molecule has 1 aromatic carbocycles. The Morgan fingerprint density at radius 2 is 1.89 bits per heavy atom. The maximum Gasteiger partial charge on any atom is 0.226 e. The molecule has 5 heteroatoms. The van der Waals surface area contributed by atoms with Gasteiger partial charge in [0.15, 0.2) is 0 Å². The Bertz CT molecular complexity index is 401. The van der Waals surface area contributed by atoms with Gasteiger partial charge >= 0.3 is 0 Å². The Morgan fingerprint density at radius 1 is 1.26 bits per heavy atom. The number of nitrogens with one attached hydrogen (secondary N) is 1. The summed E-state index contributed by atoms with van der Waals surface area (Å²) in [4.78, 5) is 13.5.